The predicted molar refractivity (Wildman–Crippen MR) is 113 cm³/mol. The number of benzene rings is 2. The van der Waals surface area contributed by atoms with Crippen molar-refractivity contribution in [1.82, 2.24) is 25.1 Å². The van der Waals surface area contributed by atoms with E-state index in [2.05, 4.69) is 32.2 Å². The molecule has 162 valence electrons. The standard InChI is InChI=1S/C22H25FN6O2/c1-2-18(27-9-11-28(12-10-27)19-6-4-3-5-17(19)23)22-24-25-26-29(22)14-16-7-8-20-21(13-16)31-15-30-20/h3-8,13,18H,2,9-12,14-15H2,1H3/t18-/m0/s1. The number of halogens is 1. The van der Waals surface area contributed by atoms with Crippen LogP contribution >= 0.6 is 0 Å². The Hall–Kier alpha value is -3.20. The van der Waals surface area contributed by atoms with E-state index in [-0.39, 0.29) is 18.7 Å². The molecule has 1 saturated heterocycles. The molecule has 2 aliphatic rings. The van der Waals surface area contributed by atoms with Crippen molar-refractivity contribution in [3.05, 3.63) is 59.7 Å². The van der Waals surface area contributed by atoms with E-state index < -0.39 is 0 Å². The van der Waals surface area contributed by atoms with Crippen molar-refractivity contribution in [2.45, 2.75) is 25.9 Å². The van der Waals surface area contributed by atoms with Crippen LogP contribution in [0.2, 0.25) is 0 Å². The first-order valence-electron chi connectivity index (χ1n) is 10.6. The van der Waals surface area contributed by atoms with E-state index in [0.29, 0.717) is 12.2 Å². The molecule has 0 unspecified atom stereocenters. The molecule has 0 saturated carbocycles. The topological polar surface area (TPSA) is 68.5 Å². The normalized spacial score (nSPS) is 17.2. The first-order chi connectivity index (χ1) is 15.2. The molecule has 8 nitrogen and oxygen atoms in total. The summed E-state index contributed by atoms with van der Waals surface area (Å²) in [6.07, 6.45) is 0.890. The molecular formula is C22H25FN6O2. The summed E-state index contributed by atoms with van der Waals surface area (Å²) in [5, 5.41) is 12.5. The Balaban J connectivity index is 1.29. The molecule has 0 spiro atoms. The molecule has 5 rings (SSSR count). The van der Waals surface area contributed by atoms with Gasteiger partial charge in [0, 0.05) is 26.2 Å². The molecule has 0 N–H and O–H groups in total. The first kappa shape index (κ1) is 19.7. The lowest BCUT2D eigenvalue weighted by Crippen LogP contribution is -2.48. The molecule has 1 fully saturated rings. The molecule has 3 heterocycles. The summed E-state index contributed by atoms with van der Waals surface area (Å²) in [6, 6.07) is 13.0. The molecule has 1 atom stereocenters. The fourth-order valence-electron chi connectivity index (χ4n) is 4.36. The van der Waals surface area contributed by atoms with Crippen molar-refractivity contribution >= 4 is 5.69 Å². The number of hydrogen-bond acceptors (Lipinski definition) is 7. The highest BCUT2D eigenvalue weighted by Crippen LogP contribution is 2.33. The average Bonchev–Trinajstić information content (AvgIpc) is 3.45. The monoisotopic (exact) mass is 424 g/mol. The van der Waals surface area contributed by atoms with E-state index in [9.17, 15) is 4.39 Å². The molecule has 2 aliphatic heterocycles. The Bertz CT molecular complexity index is 1050. The summed E-state index contributed by atoms with van der Waals surface area (Å²) in [4.78, 5) is 4.49. The van der Waals surface area contributed by atoms with Gasteiger partial charge in [-0.2, -0.15) is 0 Å². The highest BCUT2D eigenvalue weighted by atomic mass is 19.1. The van der Waals surface area contributed by atoms with E-state index in [0.717, 1.165) is 55.5 Å². The quantitative estimate of drug-likeness (QED) is 0.603. The predicted octanol–water partition coefficient (Wildman–Crippen LogP) is 2.86. The van der Waals surface area contributed by atoms with Crippen LogP contribution in [0.1, 0.15) is 30.8 Å². The molecule has 2 aromatic carbocycles. The van der Waals surface area contributed by atoms with Crippen molar-refractivity contribution in [1.29, 1.82) is 0 Å². The molecule has 0 amide bonds. The van der Waals surface area contributed by atoms with Gasteiger partial charge in [-0.25, -0.2) is 9.07 Å². The van der Waals surface area contributed by atoms with Gasteiger partial charge >= 0.3 is 0 Å². The molecule has 3 aromatic rings. The highest BCUT2D eigenvalue weighted by Gasteiger charge is 2.28. The van der Waals surface area contributed by atoms with Crippen molar-refractivity contribution in [3.8, 4) is 11.5 Å². The smallest absolute Gasteiger partial charge is 0.231 e. The first-order valence-corrected chi connectivity index (χ1v) is 10.6. The lowest BCUT2D eigenvalue weighted by molar-refractivity contribution is 0.169. The molecule has 9 heteroatoms. The maximum Gasteiger partial charge on any atom is 0.231 e. The van der Waals surface area contributed by atoms with Crippen LogP contribution in [0, 0.1) is 5.82 Å². The van der Waals surface area contributed by atoms with Crippen LogP contribution in [0.25, 0.3) is 0 Å². The minimum absolute atomic E-state index is 0.104. The number of aromatic nitrogens is 4. The number of anilines is 1. The minimum atomic E-state index is -0.171. The number of ether oxygens (including phenoxy) is 2. The van der Waals surface area contributed by atoms with Gasteiger partial charge in [0.05, 0.1) is 18.3 Å². The van der Waals surface area contributed by atoms with Crippen LogP contribution in [0.5, 0.6) is 11.5 Å². The molecule has 0 aliphatic carbocycles. The Morgan fingerprint density at radius 3 is 2.65 bits per heavy atom. The molecule has 1 aromatic heterocycles. The second-order valence-electron chi connectivity index (χ2n) is 7.78. The highest BCUT2D eigenvalue weighted by molar-refractivity contribution is 5.48. The number of para-hydroxylation sites is 1. The molecular weight excluding hydrogens is 399 g/mol. The SMILES string of the molecule is CC[C@@H](c1nnnn1Cc1ccc2c(c1)OCO2)N1CCN(c2ccccc2F)CC1. The lowest BCUT2D eigenvalue weighted by atomic mass is 10.1. The van der Waals surface area contributed by atoms with Crippen molar-refractivity contribution in [3.63, 3.8) is 0 Å². The lowest BCUT2D eigenvalue weighted by Gasteiger charge is -2.39. The maximum atomic E-state index is 14.2. The van der Waals surface area contributed by atoms with Crippen LogP contribution in [0.15, 0.2) is 42.5 Å². The number of nitrogens with zero attached hydrogens (tertiary/aromatic N) is 6. The van der Waals surface area contributed by atoms with Crippen molar-refractivity contribution in [2.24, 2.45) is 0 Å². The number of piperazine rings is 1. The summed E-state index contributed by atoms with van der Waals surface area (Å²) < 4.78 is 26.9. The summed E-state index contributed by atoms with van der Waals surface area (Å²) in [5.41, 5.74) is 1.72. The zero-order valence-corrected chi connectivity index (χ0v) is 17.4. The van der Waals surface area contributed by atoms with Crippen LogP contribution < -0.4 is 14.4 Å². The van der Waals surface area contributed by atoms with Crippen molar-refractivity contribution in [2.75, 3.05) is 37.9 Å². The second-order valence-corrected chi connectivity index (χ2v) is 7.78. The van der Waals surface area contributed by atoms with E-state index in [1.165, 1.54) is 6.07 Å². The zero-order chi connectivity index (χ0) is 21.2. The van der Waals surface area contributed by atoms with Gasteiger partial charge < -0.3 is 14.4 Å². The third kappa shape index (κ3) is 3.93. The Labute approximate surface area is 180 Å². The van der Waals surface area contributed by atoms with Crippen LogP contribution in [-0.2, 0) is 6.54 Å². The van der Waals surface area contributed by atoms with Crippen LogP contribution in [0.3, 0.4) is 0 Å². The zero-order valence-electron chi connectivity index (χ0n) is 17.4. The van der Waals surface area contributed by atoms with Gasteiger partial charge in [-0.1, -0.05) is 25.1 Å². The fraction of sp³-hybridized carbons (Fsp3) is 0.409. The van der Waals surface area contributed by atoms with Gasteiger partial charge in [0.1, 0.15) is 5.82 Å². The third-order valence-corrected chi connectivity index (χ3v) is 5.96. The van der Waals surface area contributed by atoms with Gasteiger partial charge in [0.25, 0.3) is 0 Å². The number of rotatable bonds is 6. The fourth-order valence-corrected chi connectivity index (χ4v) is 4.36. The van der Waals surface area contributed by atoms with E-state index in [4.69, 9.17) is 9.47 Å². The van der Waals surface area contributed by atoms with E-state index >= 15 is 0 Å². The van der Waals surface area contributed by atoms with Gasteiger partial charge in [0.15, 0.2) is 17.3 Å². The maximum absolute atomic E-state index is 14.2. The summed E-state index contributed by atoms with van der Waals surface area (Å²) in [7, 11) is 0. The summed E-state index contributed by atoms with van der Waals surface area (Å²) in [5.74, 6) is 2.19. The van der Waals surface area contributed by atoms with Gasteiger partial charge in [-0.05, 0) is 46.7 Å². The Morgan fingerprint density at radius 1 is 1.03 bits per heavy atom. The Kier molecular flexibility index (Phi) is 5.42. The number of hydrogen-bond donors (Lipinski definition) is 0. The van der Waals surface area contributed by atoms with Gasteiger partial charge in [-0.3, -0.25) is 4.90 Å². The van der Waals surface area contributed by atoms with Crippen LogP contribution in [-0.4, -0.2) is 58.1 Å². The number of tetrazole rings is 1. The molecule has 0 bridgehead atoms. The number of fused-ring (bicyclic) bond motifs is 1. The molecule has 31 heavy (non-hydrogen) atoms. The Morgan fingerprint density at radius 2 is 1.84 bits per heavy atom. The van der Waals surface area contributed by atoms with Gasteiger partial charge in [-0.15, -0.1) is 5.10 Å². The second kappa shape index (κ2) is 8.50. The average molecular weight is 424 g/mol. The van der Waals surface area contributed by atoms with E-state index in [1.807, 2.05) is 35.0 Å². The summed E-state index contributed by atoms with van der Waals surface area (Å²) >= 11 is 0. The van der Waals surface area contributed by atoms with Crippen LogP contribution in [0.4, 0.5) is 10.1 Å². The molecule has 0 radical (unpaired) electrons. The minimum Gasteiger partial charge on any atom is -0.454 e. The third-order valence-electron chi connectivity index (χ3n) is 5.96. The summed E-state index contributed by atoms with van der Waals surface area (Å²) in [6.45, 7) is 6.14. The van der Waals surface area contributed by atoms with Crippen molar-refractivity contribution < 1.29 is 13.9 Å². The largest absolute Gasteiger partial charge is 0.454 e. The van der Waals surface area contributed by atoms with Gasteiger partial charge in [0.2, 0.25) is 6.79 Å². The van der Waals surface area contributed by atoms with E-state index in [1.54, 1.807) is 6.07 Å².